The van der Waals surface area contributed by atoms with Gasteiger partial charge in [-0.15, -0.1) is 0 Å². The summed E-state index contributed by atoms with van der Waals surface area (Å²) in [5, 5.41) is 3.53. The molecule has 3 rings (SSSR count). The molecule has 0 heterocycles. The Balaban J connectivity index is 1.87. The van der Waals surface area contributed by atoms with Crippen LogP contribution in [0.4, 0.5) is 5.69 Å². The van der Waals surface area contributed by atoms with Crippen molar-refractivity contribution in [2.24, 2.45) is 0 Å². The number of halogens is 2. The Bertz CT molecular complexity index is 1090. The molecule has 1 N–H and O–H groups in total. The Morgan fingerprint density at radius 1 is 0.862 bits per heavy atom. The van der Waals surface area contributed by atoms with E-state index in [-0.39, 0.29) is 4.90 Å². The summed E-state index contributed by atoms with van der Waals surface area (Å²) in [5.74, 6) is -0.439. The van der Waals surface area contributed by atoms with Gasteiger partial charge in [0.05, 0.1) is 10.6 Å². The van der Waals surface area contributed by atoms with Crippen molar-refractivity contribution in [1.29, 1.82) is 0 Å². The largest absolute Gasteiger partial charge is 0.350 e. The molecule has 1 amide bonds. The number of amides is 1. The van der Waals surface area contributed by atoms with Crippen LogP contribution in [0.2, 0.25) is 10.0 Å². The molecule has 5 nitrogen and oxygen atoms in total. The van der Waals surface area contributed by atoms with Gasteiger partial charge in [-0.3, -0.25) is 9.10 Å². The first-order chi connectivity index (χ1) is 13.9. The monoisotopic (exact) mass is 448 g/mol. The maximum Gasteiger partial charge on any atom is 0.264 e. The molecule has 0 spiro atoms. The lowest BCUT2D eigenvalue weighted by atomic mass is 10.2. The van der Waals surface area contributed by atoms with E-state index in [0.717, 1.165) is 9.87 Å². The van der Waals surface area contributed by atoms with E-state index in [4.69, 9.17) is 23.2 Å². The minimum absolute atomic E-state index is 0.0257. The van der Waals surface area contributed by atoms with Gasteiger partial charge in [-0.05, 0) is 48.0 Å². The molecular formula is C21H18Cl2N2O3S. The van der Waals surface area contributed by atoms with E-state index in [1.165, 1.54) is 30.3 Å². The van der Waals surface area contributed by atoms with Crippen molar-refractivity contribution in [3.63, 3.8) is 0 Å². The van der Waals surface area contributed by atoms with Gasteiger partial charge in [-0.1, -0.05) is 59.6 Å². The van der Waals surface area contributed by atoms with Crippen molar-refractivity contribution < 1.29 is 13.2 Å². The number of hydrogen-bond donors (Lipinski definition) is 1. The third-order valence-electron chi connectivity index (χ3n) is 4.12. The molecule has 3 aromatic rings. The van der Waals surface area contributed by atoms with Crippen LogP contribution in [0, 0.1) is 0 Å². The second-order valence-electron chi connectivity index (χ2n) is 6.21. The highest BCUT2D eigenvalue weighted by molar-refractivity contribution is 7.92. The van der Waals surface area contributed by atoms with E-state index in [0.29, 0.717) is 22.3 Å². The smallest absolute Gasteiger partial charge is 0.264 e. The Morgan fingerprint density at radius 3 is 2.21 bits per heavy atom. The molecule has 0 aliphatic heterocycles. The number of carbonyl (C=O) groups excluding carboxylic acids is 1. The van der Waals surface area contributed by atoms with Gasteiger partial charge >= 0.3 is 0 Å². The van der Waals surface area contributed by atoms with Crippen LogP contribution in [0.15, 0.2) is 83.8 Å². The summed E-state index contributed by atoms with van der Waals surface area (Å²) in [4.78, 5) is 12.6. The van der Waals surface area contributed by atoms with Gasteiger partial charge < -0.3 is 5.32 Å². The molecule has 0 saturated carbocycles. The average molecular weight is 449 g/mol. The fourth-order valence-electron chi connectivity index (χ4n) is 2.66. The van der Waals surface area contributed by atoms with Crippen molar-refractivity contribution in [2.45, 2.75) is 11.4 Å². The normalized spacial score (nSPS) is 11.1. The number of benzene rings is 3. The van der Waals surface area contributed by atoms with E-state index < -0.39 is 22.5 Å². The van der Waals surface area contributed by atoms with Crippen molar-refractivity contribution >= 4 is 44.8 Å². The topological polar surface area (TPSA) is 66.5 Å². The van der Waals surface area contributed by atoms with Gasteiger partial charge in [0.25, 0.3) is 10.0 Å². The fourth-order valence-corrected chi connectivity index (χ4v) is 4.39. The van der Waals surface area contributed by atoms with Crippen LogP contribution in [0.25, 0.3) is 0 Å². The fraction of sp³-hybridized carbons (Fsp3) is 0.0952. The zero-order valence-corrected chi connectivity index (χ0v) is 17.6. The van der Waals surface area contributed by atoms with Crippen LogP contribution in [0.5, 0.6) is 0 Å². The van der Waals surface area contributed by atoms with E-state index in [1.807, 2.05) is 30.3 Å². The van der Waals surface area contributed by atoms with Crippen molar-refractivity contribution in [3.05, 3.63) is 94.5 Å². The standard InChI is InChI=1S/C21H18Cl2N2O3S/c22-17-9-11-20(12-10-17)29(27,28)25(19-8-4-7-18(23)13-19)15-21(26)24-14-16-5-2-1-3-6-16/h1-13H,14-15H2,(H,24,26). The zero-order valence-electron chi connectivity index (χ0n) is 15.3. The molecule has 8 heteroatoms. The minimum atomic E-state index is -4.01. The van der Waals surface area contributed by atoms with E-state index in [1.54, 1.807) is 18.2 Å². The van der Waals surface area contributed by atoms with Crippen LogP contribution in [0.3, 0.4) is 0 Å². The molecule has 0 aliphatic carbocycles. The summed E-state index contributed by atoms with van der Waals surface area (Å²) < 4.78 is 27.5. The van der Waals surface area contributed by atoms with Crippen LogP contribution >= 0.6 is 23.2 Å². The van der Waals surface area contributed by atoms with Crippen LogP contribution in [-0.4, -0.2) is 20.9 Å². The molecule has 0 aromatic heterocycles. The average Bonchev–Trinajstić information content (AvgIpc) is 2.71. The highest BCUT2D eigenvalue weighted by Gasteiger charge is 2.27. The molecular weight excluding hydrogens is 431 g/mol. The first-order valence-electron chi connectivity index (χ1n) is 8.71. The third-order valence-corrected chi connectivity index (χ3v) is 6.39. The molecule has 0 aliphatic rings. The summed E-state index contributed by atoms with van der Waals surface area (Å²) in [6.07, 6.45) is 0. The Kier molecular flexibility index (Phi) is 6.79. The molecule has 0 unspecified atom stereocenters. The summed E-state index contributed by atoms with van der Waals surface area (Å²) in [5.41, 5.74) is 1.21. The number of carbonyl (C=O) groups is 1. The van der Waals surface area contributed by atoms with E-state index >= 15 is 0 Å². The highest BCUT2D eigenvalue weighted by atomic mass is 35.5. The Hall–Kier alpha value is -2.54. The first kappa shape index (κ1) is 21.2. The summed E-state index contributed by atoms with van der Waals surface area (Å²) in [7, 11) is -4.01. The summed E-state index contributed by atoms with van der Waals surface area (Å²) in [6.45, 7) is -0.0951. The lowest BCUT2D eigenvalue weighted by Crippen LogP contribution is -2.40. The number of nitrogens with zero attached hydrogens (tertiary/aromatic N) is 1. The minimum Gasteiger partial charge on any atom is -0.350 e. The van der Waals surface area contributed by atoms with Crippen molar-refractivity contribution in [1.82, 2.24) is 5.32 Å². The number of rotatable bonds is 7. The molecule has 0 saturated heterocycles. The van der Waals surface area contributed by atoms with Gasteiger partial charge in [0, 0.05) is 16.6 Å². The second-order valence-corrected chi connectivity index (χ2v) is 8.94. The van der Waals surface area contributed by atoms with Gasteiger partial charge in [0.15, 0.2) is 0 Å². The van der Waals surface area contributed by atoms with Gasteiger partial charge in [-0.2, -0.15) is 0 Å². The highest BCUT2D eigenvalue weighted by Crippen LogP contribution is 2.26. The lowest BCUT2D eigenvalue weighted by Gasteiger charge is -2.24. The maximum absolute atomic E-state index is 13.2. The summed E-state index contributed by atoms with van der Waals surface area (Å²) in [6, 6.07) is 21.5. The number of hydrogen-bond acceptors (Lipinski definition) is 3. The van der Waals surface area contributed by atoms with Crippen molar-refractivity contribution in [2.75, 3.05) is 10.8 Å². The molecule has 150 valence electrons. The Labute approximate surface area is 179 Å². The van der Waals surface area contributed by atoms with Gasteiger partial charge in [-0.25, -0.2) is 8.42 Å². The van der Waals surface area contributed by atoms with Crippen LogP contribution in [-0.2, 0) is 21.4 Å². The second kappa shape index (κ2) is 9.31. The van der Waals surface area contributed by atoms with Gasteiger partial charge in [0.2, 0.25) is 5.91 Å². The Morgan fingerprint density at radius 2 is 1.55 bits per heavy atom. The molecule has 0 radical (unpaired) electrons. The lowest BCUT2D eigenvalue weighted by molar-refractivity contribution is -0.119. The predicted octanol–water partition coefficient (Wildman–Crippen LogP) is 4.51. The van der Waals surface area contributed by atoms with Crippen LogP contribution in [0.1, 0.15) is 5.56 Å². The molecule has 0 fully saturated rings. The van der Waals surface area contributed by atoms with E-state index in [2.05, 4.69) is 5.32 Å². The van der Waals surface area contributed by atoms with E-state index in [9.17, 15) is 13.2 Å². The molecule has 0 atom stereocenters. The first-order valence-corrected chi connectivity index (χ1v) is 10.9. The van der Waals surface area contributed by atoms with Crippen molar-refractivity contribution in [3.8, 4) is 0 Å². The number of anilines is 1. The van der Waals surface area contributed by atoms with Crippen LogP contribution < -0.4 is 9.62 Å². The number of nitrogens with one attached hydrogen (secondary N) is 1. The van der Waals surface area contributed by atoms with Gasteiger partial charge in [0.1, 0.15) is 6.54 Å². The maximum atomic E-state index is 13.2. The molecule has 29 heavy (non-hydrogen) atoms. The molecule has 3 aromatic carbocycles. The SMILES string of the molecule is O=C(CN(c1cccc(Cl)c1)S(=O)(=O)c1ccc(Cl)cc1)NCc1ccccc1. The number of sulfonamides is 1. The molecule has 0 bridgehead atoms. The summed E-state index contributed by atoms with van der Waals surface area (Å²) >= 11 is 11.9. The predicted molar refractivity (Wildman–Crippen MR) is 116 cm³/mol. The quantitative estimate of drug-likeness (QED) is 0.578. The zero-order chi connectivity index (χ0) is 20.9. The third kappa shape index (κ3) is 5.50.